The van der Waals surface area contributed by atoms with E-state index in [0.717, 1.165) is 0 Å². The van der Waals surface area contributed by atoms with E-state index in [1.165, 1.54) is 16.4 Å². The van der Waals surface area contributed by atoms with Gasteiger partial charge in [0.15, 0.2) is 0 Å². The van der Waals surface area contributed by atoms with Crippen LogP contribution in [0.5, 0.6) is 11.5 Å². The van der Waals surface area contributed by atoms with Crippen LogP contribution in [0.1, 0.15) is 6.92 Å². The Morgan fingerprint density at radius 3 is 2.77 bits per heavy atom. The number of hydrogen-bond donors (Lipinski definition) is 2. The Hall–Kier alpha value is -3.07. The Morgan fingerprint density at radius 1 is 1.27 bits per heavy atom. The third-order valence-corrected chi connectivity index (χ3v) is 4.56. The first-order chi connectivity index (χ1) is 12.6. The zero-order valence-corrected chi connectivity index (χ0v) is 15.0. The maximum absolute atomic E-state index is 12.4. The molecule has 26 heavy (non-hydrogen) atoms. The van der Waals surface area contributed by atoms with Crippen LogP contribution in [0.4, 0.5) is 5.69 Å². The predicted octanol–water partition coefficient (Wildman–Crippen LogP) is 2.50. The van der Waals surface area contributed by atoms with Gasteiger partial charge in [-0.05, 0) is 53.7 Å². The van der Waals surface area contributed by atoms with E-state index in [-0.39, 0.29) is 11.7 Å². The van der Waals surface area contributed by atoms with Crippen LogP contribution in [0.15, 0.2) is 53.7 Å². The summed E-state index contributed by atoms with van der Waals surface area (Å²) in [5.74, 6) is 0.643. The summed E-state index contributed by atoms with van der Waals surface area (Å²) in [7, 11) is 1.57. The highest BCUT2D eigenvalue weighted by Gasteiger charge is 2.19. The second kappa shape index (κ2) is 7.87. The van der Waals surface area contributed by atoms with Gasteiger partial charge in [-0.2, -0.15) is 4.68 Å². The van der Waals surface area contributed by atoms with Crippen LogP contribution in [0.3, 0.4) is 0 Å². The van der Waals surface area contributed by atoms with Crippen LogP contribution >= 0.6 is 11.8 Å². The molecule has 1 atom stereocenters. The Morgan fingerprint density at radius 2 is 2.04 bits per heavy atom. The molecular formula is C17H17N5O3S. The third-order valence-electron chi connectivity index (χ3n) is 3.52. The topological polar surface area (TPSA) is 102 Å². The second-order valence-corrected chi connectivity index (χ2v) is 6.68. The first-order valence-corrected chi connectivity index (χ1v) is 8.64. The number of nitrogens with one attached hydrogen (secondary N) is 1. The van der Waals surface area contributed by atoms with Crippen molar-refractivity contribution in [1.82, 2.24) is 20.2 Å². The van der Waals surface area contributed by atoms with Crippen molar-refractivity contribution in [3.63, 3.8) is 0 Å². The van der Waals surface area contributed by atoms with Crippen LogP contribution in [0, 0.1) is 0 Å². The summed E-state index contributed by atoms with van der Waals surface area (Å²) in [6.07, 6.45) is 0. The van der Waals surface area contributed by atoms with E-state index >= 15 is 0 Å². The van der Waals surface area contributed by atoms with E-state index in [1.54, 1.807) is 62.6 Å². The molecule has 1 amide bonds. The van der Waals surface area contributed by atoms with Crippen LogP contribution in [0.25, 0.3) is 5.69 Å². The number of anilines is 1. The monoisotopic (exact) mass is 371 g/mol. The molecule has 0 fully saturated rings. The number of phenolic OH excluding ortho intramolecular Hbond substituents is 1. The van der Waals surface area contributed by atoms with Gasteiger partial charge in [-0.3, -0.25) is 4.79 Å². The summed E-state index contributed by atoms with van der Waals surface area (Å²) in [4.78, 5) is 12.4. The molecule has 3 rings (SSSR count). The molecule has 2 aromatic carbocycles. The van der Waals surface area contributed by atoms with E-state index in [0.29, 0.717) is 22.3 Å². The van der Waals surface area contributed by atoms with E-state index in [9.17, 15) is 9.90 Å². The minimum atomic E-state index is -0.428. The highest BCUT2D eigenvalue weighted by molar-refractivity contribution is 8.00. The Labute approximate surface area is 154 Å². The number of hydrogen-bond acceptors (Lipinski definition) is 7. The number of thioether (sulfide) groups is 1. The quantitative estimate of drug-likeness (QED) is 0.642. The molecule has 0 bridgehead atoms. The number of phenols is 1. The number of tetrazole rings is 1. The molecule has 0 aliphatic heterocycles. The lowest BCUT2D eigenvalue weighted by Crippen LogP contribution is -2.22. The fraction of sp³-hybridized carbons (Fsp3) is 0.176. The SMILES string of the molecule is COc1cccc(NC(=O)[C@H](C)Sc2nnnn2-c2ccc(O)cc2)c1. The van der Waals surface area contributed by atoms with Gasteiger partial charge in [0.1, 0.15) is 11.5 Å². The molecule has 8 nitrogen and oxygen atoms in total. The lowest BCUT2D eigenvalue weighted by atomic mass is 10.3. The Balaban J connectivity index is 1.70. The molecule has 1 aromatic heterocycles. The van der Waals surface area contributed by atoms with E-state index < -0.39 is 5.25 Å². The standard InChI is InChI=1S/C17H17N5O3S/c1-11(16(24)18-12-4-3-5-15(10-12)25-2)26-17-19-20-21-22(17)13-6-8-14(23)9-7-13/h3-11,23H,1-2H3,(H,18,24)/t11-/m0/s1. The molecule has 0 spiro atoms. The number of rotatable bonds is 6. The molecule has 0 aliphatic rings. The number of amides is 1. The normalized spacial score (nSPS) is 11.8. The van der Waals surface area contributed by atoms with Gasteiger partial charge in [-0.15, -0.1) is 5.10 Å². The average molecular weight is 371 g/mol. The van der Waals surface area contributed by atoms with Crippen molar-refractivity contribution < 1.29 is 14.6 Å². The lowest BCUT2D eigenvalue weighted by molar-refractivity contribution is -0.115. The third kappa shape index (κ3) is 4.12. The molecule has 134 valence electrons. The van der Waals surface area contributed by atoms with Gasteiger partial charge in [-0.1, -0.05) is 17.8 Å². The van der Waals surface area contributed by atoms with Gasteiger partial charge < -0.3 is 15.2 Å². The average Bonchev–Trinajstić information content (AvgIpc) is 3.10. The van der Waals surface area contributed by atoms with Gasteiger partial charge in [0.25, 0.3) is 0 Å². The number of aromatic hydroxyl groups is 1. The van der Waals surface area contributed by atoms with Crippen molar-refractivity contribution in [2.45, 2.75) is 17.3 Å². The van der Waals surface area contributed by atoms with Gasteiger partial charge in [0, 0.05) is 11.8 Å². The van der Waals surface area contributed by atoms with Crippen molar-refractivity contribution in [1.29, 1.82) is 0 Å². The van der Waals surface area contributed by atoms with Crippen molar-refractivity contribution in [2.75, 3.05) is 12.4 Å². The first kappa shape index (κ1) is 17.7. The van der Waals surface area contributed by atoms with Gasteiger partial charge in [-0.25, -0.2) is 0 Å². The highest BCUT2D eigenvalue weighted by atomic mass is 32.2. The highest BCUT2D eigenvalue weighted by Crippen LogP contribution is 2.25. The van der Waals surface area contributed by atoms with Crippen molar-refractivity contribution in [2.24, 2.45) is 0 Å². The number of nitrogens with zero attached hydrogens (tertiary/aromatic N) is 4. The molecular weight excluding hydrogens is 354 g/mol. The Bertz CT molecular complexity index is 897. The maximum Gasteiger partial charge on any atom is 0.237 e. The number of aromatic nitrogens is 4. The van der Waals surface area contributed by atoms with Crippen molar-refractivity contribution >= 4 is 23.4 Å². The number of carbonyl (C=O) groups is 1. The minimum Gasteiger partial charge on any atom is -0.508 e. The molecule has 3 aromatic rings. The fourth-order valence-corrected chi connectivity index (χ4v) is 2.97. The summed E-state index contributed by atoms with van der Waals surface area (Å²) in [6, 6.07) is 13.6. The summed E-state index contributed by atoms with van der Waals surface area (Å²) in [5.41, 5.74) is 1.34. The number of ether oxygens (including phenoxy) is 1. The molecule has 2 N–H and O–H groups in total. The van der Waals surface area contributed by atoms with Crippen molar-refractivity contribution in [3.8, 4) is 17.2 Å². The molecule has 0 unspecified atom stereocenters. The maximum atomic E-state index is 12.4. The van der Waals surface area contributed by atoms with Gasteiger partial charge in [0.05, 0.1) is 18.0 Å². The molecule has 0 saturated carbocycles. The molecule has 0 radical (unpaired) electrons. The molecule has 1 heterocycles. The molecule has 0 aliphatic carbocycles. The summed E-state index contributed by atoms with van der Waals surface area (Å²) < 4.78 is 6.66. The predicted molar refractivity (Wildman–Crippen MR) is 97.8 cm³/mol. The van der Waals surface area contributed by atoms with E-state index in [1.807, 2.05) is 0 Å². The lowest BCUT2D eigenvalue weighted by Gasteiger charge is -2.12. The first-order valence-electron chi connectivity index (χ1n) is 7.76. The van der Waals surface area contributed by atoms with Crippen LogP contribution in [-0.4, -0.2) is 43.6 Å². The smallest absolute Gasteiger partial charge is 0.237 e. The van der Waals surface area contributed by atoms with Crippen LogP contribution in [-0.2, 0) is 4.79 Å². The van der Waals surface area contributed by atoms with Crippen LogP contribution < -0.4 is 10.1 Å². The summed E-state index contributed by atoms with van der Waals surface area (Å²) in [5, 5.41) is 23.9. The Kier molecular flexibility index (Phi) is 5.37. The largest absolute Gasteiger partial charge is 0.508 e. The summed E-state index contributed by atoms with van der Waals surface area (Å²) in [6.45, 7) is 1.77. The zero-order valence-electron chi connectivity index (χ0n) is 14.2. The van der Waals surface area contributed by atoms with Crippen molar-refractivity contribution in [3.05, 3.63) is 48.5 Å². The zero-order chi connectivity index (χ0) is 18.5. The minimum absolute atomic E-state index is 0.155. The number of benzene rings is 2. The van der Waals surface area contributed by atoms with E-state index in [4.69, 9.17) is 4.74 Å². The van der Waals surface area contributed by atoms with Crippen LogP contribution in [0.2, 0.25) is 0 Å². The fourth-order valence-electron chi connectivity index (χ4n) is 2.16. The van der Waals surface area contributed by atoms with Gasteiger partial charge in [0.2, 0.25) is 11.1 Å². The molecule has 9 heteroatoms. The molecule has 0 saturated heterocycles. The second-order valence-electron chi connectivity index (χ2n) is 5.37. The van der Waals surface area contributed by atoms with E-state index in [2.05, 4.69) is 20.8 Å². The number of methoxy groups -OCH3 is 1. The number of carbonyl (C=O) groups excluding carboxylic acids is 1. The summed E-state index contributed by atoms with van der Waals surface area (Å²) >= 11 is 1.23. The van der Waals surface area contributed by atoms with Gasteiger partial charge >= 0.3 is 0 Å².